The first-order valence-electron chi connectivity index (χ1n) is 12.5. The second kappa shape index (κ2) is 13.5. The molecule has 2 amide bonds. The van der Waals surface area contributed by atoms with E-state index < -0.39 is 10.0 Å². The smallest absolute Gasteiger partial charge is 0.322 e. The molecule has 0 bridgehead atoms. The number of urea groups is 1. The highest BCUT2D eigenvalue weighted by molar-refractivity contribution is 7.92. The van der Waals surface area contributed by atoms with Crippen LogP contribution in [0.3, 0.4) is 0 Å². The number of nitrogens with zero attached hydrogens (tertiary/aromatic N) is 2. The number of nitrogens with one attached hydrogen (secondary N) is 2. The van der Waals surface area contributed by atoms with E-state index in [0.29, 0.717) is 23.7 Å². The Hall–Kier alpha value is -3.27. The molecule has 2 N–H and O–H groups in total. The van der Waals surface area contributed by atoms with Gasteiger partial charge in [-0.1, -0.05) is 30.3 Å². The average Bonchev–Trinajstić information content (AvgIpc) is 2.88. The van der Waals surface area contributed by atoms with Gasteiger partial charge in [-0.25, -0.2) is 13.2 Å². The fourth-order valence-electron chi connectivity index (χ4n) is 4.54. The Morgan fingerprint density at radius 2 is 1.50 bits per heavy atom. The molecule has 0 atom stereocenters. The van der Waals surface area contributed by atoms with Crippen LogP contribution in [0.2, 0.25) is 0 Å². The number of anilines is 2. The third kappa shape index (κ3) is 8.65. The largest absolute Gasteiger partial charge is 0.457 e. The van der Waals surface area contributed by atoms with Gasteiger partial charge in [-0.3, -0.25) is 9.62 Å². The van der Waals surface area contributed by atoms with Gasteiger partial charge in [-0.05, 0) is 73.9 Å². The third-order valence-corrected chi connectivity index (χ3v) is 6.95. The van der Waals surface area contributed by atoms with E-state index in [1.807, 2.05) is 54.3 Å². The maximum absolute atomic E-state index is 12.8. The summed E-state index contributed by atoms with van der Waals surface area (Å²) in [6, 6.07) is 24.6. The van der Waals surface area contributed by atoms with E-state index >= 15 is 0 Å². The van der Waals surface area contributed by atoms with Crippen molar-refractivity contribution in [2.45, 2.75) is 32.4 Å². The lowest BCUT2D eigenvalue weighted by Crippen LogP contribution is -2.48. The molecule has 1 fully saturated rings. The van der Waals surface area contributed by atoms with Crippen LogP contribution in [0.4, 0.5) is 16.2 Å². The van der Waals surface area contributed by atoms with Crippen LogP contribution in [0.25, 0.3) is 0 Å². The van der Waals surface area contributed by atoms with E-state index in [0.717, 1.165) is 44.4 Å². The van der Waals surface area contributed by atoms with Gasteiger partial charge < -0.3 is 15.0 Å². The third-order valence-electron chi connectivity index (χ3n) is 6.35. The molecule has 0 spiro atoms. The van der Waals surface area contributed by atoms with Crippen LogP contribution >= 0.6 is 12.4 Å². The molecule has 0 radical (unpaired) electrons. The molecule has 204 valence electrons. The molecule has 3 aromatic carbocycles. The van der Waals surface area contributed by atoms with Crippen LogP contribution < -0.4 is 14.8 Å². The van der Waals surface area contributed by atoms with Gasteiger partial charge in [0.2, 0.25) is 10.0 Å². The van der Waals surface area contributed by atoms with Crippen LogP contribution in [0.1, 0.15) is 25.3 Å². The Kier molecular flexibility index (Phi) is 10.4. The molecule has 38 heavy (non-hydrogen) atoms. The van der Waals surface area contributed by atoms with Crippen LogP contribution in [0.15, 0.2) is 78.9 Å². The van der Waals surface area contributed by atoms with Crippen LogP contribution in [-0.4, -0.2) is 56.2 Å². The minimum atomic E-state index is -3.31. The van der Waals surface area contributed by atoms with E-state index in [2.05, 4.69) is 27.1 Å². The predicted octanol–water partition coefficient (Wildman–Crippen LogP) is 5.79. The van der Waals surface area contributed by atoms with Gasteiger partial charge >= 0.3 is 6.03 Å². The fraction of sp³-hybridized carbons (Fsp3) is 0.321. The molecule has 10 heteroatoms. The first kappa shape index (κ1) is 29.3. The summed E-state index contributed by atoms with van der Waals surface area (Å²) in [6.45, 7) is 5.43. The minimum Gasteiger partial charge on any atom is -0.457 e. The Labute approximate surface area is 231 Å². The lowest BCUT2D eigenvalue weighted by Gasteiger charge is -2.38. The van der Waals surface area contributed by atoms with Crippen LogP contribution in [0, 0.1) is 0 Å². The highest BCUT2D eigenvalue weighted by Crippen LogP contribution is 2.25. The molecule has 1 aliphatic heterocycles. The van der Waals surface area contributed by atoms with Crippen molar-refractivity contribution in [2.75, 3.05) is 35.9 Å². The number of amides is 2. The first-order chi connectivity index (χ1) is 17.8. The summed E-state index contributed by atoms with van der Waals surface area (Å²) in [5.74, 6) is 1.35. The van der Waals surface area contributed by atoms with Crippen molar-refractivity contribution in [1.29, 1.82) is 0 Å². The predicted molar refractivity (Wildman–Crippen MR) is 155 cm³/mol. The van der Waals surface area contributed by atoms with Crippen molar-refractivity contribution in [3.05, 3.63) is 84.4 Å². The van der Waals surface area contributed by atoms with Crippen molar-refractivity contribution < 1.29 is 17.9 Å². The molecule has 3 aromatic rings. The van der Waals surface area contributed by atoms with E-state index in [1.54, 1.807) is 24.3 Å². The number of carbonyl (C=O) groups excluding carboxylic acids is 1. The van der Waals surface area contributed by atoms with Gasteiger partial charge in [0, 0.05) is 43.6 Å². The molecule has 4 rings (SSSR count). The zero-order valence-corrected chi connectivity index (χ0v) is 23.3. The van der Waals surface area contributed by atoms with E-state index in [9.17, 15) is 13.2 Å². The summed E-state index contributed by atoms with van der Waals surface area (Å²) in [7, 11) is -3.31. The molecule has 1 heterocycles. The van der Waals surface area contributed by atoms with Crippen molar-refractivity contribution in [2.24, 2.45) is 0 Å². The minimum absolute atomic E-state index is 0. The fourth-order valence-corrected chi connectivity index (χ4v) is 5.10. The lowest BCUT2D eigenvalue weighted by molar-refractivity contribution is 0.126. The summed E-state index contributed by atoms with van der Waals surface area (Å²) in [5, 5.41) is 3.01. The number of hydrogen-bond donors (Lipinski definition) is 2. The highest BCUT2D eigenvalue weighted by Gasteiger charge is 2.27. The molecule has 1 saturated heterocycles. The number of rotatable bonds is 9. The SMILES string of the molecule is CCN(C(=O)Nc1ccccc1)C1CCN(Cc2ccc(Oc3ccc(NS(C)(=O)=O)cc3)cc2)CC1.Cl. The first-order valence-corrected chi connectivity index (χ1v) is 14.4. The molecule has 0 aromatic heterocycles. The summed E-state index contributed by atoms with van der Waals surface area (Å²) in [4.78, 5) is 17.2. The number of piperidine rings is 1. The van der Waals surface area contributed by atoms with Gasteiger partial charge in [0.25, 0.3) is 0 Å². The highest BCUT2D eigenvalue weighted by atomic mass is 35.5. The lowest BCUT2D eigenvalue weighted by atomic mass is 10.0. The number of hydrogen-bond acceptors (Lipinski definition) is 5. The molecule has 0 unspecified atom stereocenters. The van der Waals surface area contributed by atoms with Crippen molar-refractivity contribution in [3.63, 3.8) is 0 Å². The van der Waals surface area contributed by atoms with Crippen molar-refractivity contribution >= 4 is 39.8 Å². The number of likely N-dealkylation sites (tertiary alicyclic amines) is 1. The number of ether oxygens (including phenoxy) is 1. The Morgan fingerprint density at radius 1 is 0.921 bits per heavy atom. The second-order valence-electron chi connectivity index (χ2n) is 9.23. The van der Waals surface area contributed by atoms with Crippen molar-refractivity contribution in [1.82, 2.24) is 9.80 Å². The topological polar surface area (TPSA) is 91.0 Å². The molecule has 0 aliphatic carbocycles. The molecule has 8 nitrogen and oxygen atoms in total. The number of benzene rings is 3. The van der Waals surface area contributed by atoms with Gasteiger partial charge in [0.15, 0.2) is 0 Å². The van der Waals surface area contributed by atoms with Crippen LogP contribution in [0.5, 0.6) is 11.5 Å². The molecular weight excluding hydrogens is 524 g/mol. The zero-order chi connectivity index (χ0) is 26.3. The summed E-state index contributed by atoms with van der Waals surface area (Å²) in [5.41, 5.74) is 2.51. The van der Waals surface area contributed by atoms with Crippen molar-refractivity contribution in [3.8, 4) is 11.5 Å². The van der Waals surface area contributed by atoms with Gasteiger partial charge in [-0.2, -0.15) is 0 Å². The second-order valence-corrected chi connectivity index (χ2v) is 11.0. The van der Waals surface area contributed by atoms with E-state index in [4.69, 9.17) is 4.74 Å². The summed E-state index contributed by atoms with van der Waals surface area (Å²) in [6.07, 6.45) is 3.01. The van der Waals surface area contributed by atoms with E-state index in [-0.39, 0.29) is 24.5 Å². The monoisotopic (exact) mass is 558 g/mol. The van der Waals surface area contributed by atoms with Crippen LogP contribution in [-0.2, 0) is 16.6 Å². The number of para-hydroxylation sites is 1. The van der Waals surface area contributed by atoms with Gasteiger partial charge in [0.05, 0.1) is 6.26 Å². The number of halogens is 1. The maximum Gasteiger partial charge on any atom is 0.322 e. The summed E-state index contributed by atoms with van der Waals surface area (Å²) >= 11 is 0. The maximum atomic E-state index is 12.8. The Bertz CT molecular complexity index is 1260. The average molecular weight is 559 g/mol. The molecular formula is C28H35ClN4O4S. The number of carbonyl (C=O) groups is 1. The summed E-state index contributed by atoms with van der Waals surface area (Å²) < 4.78 is 31.0. The Morgan fingerprint density at radius 3 is 2.05 bits per heavy atom. The Balaban J connectivity index is 0.00000400. The normalized spacial score (nSPS) is 14.3. The van der Waals surface area contributed by atoms with Gasteiger partial charge in [-0.15, -0.1) is 12.4 Å². The standard InChI is InChI=1S/C28H34N4O4S.ClH/c1-3-32(28(33)29-23-7-5-4-6-8-23)25-17-19-31(20-18-25)21-22-9-13-26(14-10-22)36-27-15-11-24(12-16-27)30-37(2,34)35;/h4-16,25,30H,3,17-21H2,1-2H3,(H,29,33);1H. The van der Waals surface area contributed by atoms with Gasteiger partial charge in [0.1, 0.15) is 11.5 Å². The quantitative estimate of drug-likeness (QED) is 0.347. The van der Waals surface area contributed by atoms with E-state index in [1.165, 1.54) is 5.56 Å². The molecule has 1 aliphatic rings. The molecule has 0 saturated carbocycles. The number of sulfonamides is 1. The zero-order valence-electron chi connectivity index (χ0n) is 21.7.